The smallest absolute Gasteiger partial charge is 0.193 e. The van der Waals surface area contributed by atoms with E-state index in [1.54, 1.807) is 6.07 Å². The molecule has 96 valence electrons. The zero-order valence-electron chi connectivity index (χ0n) is 11.2. The molecular formula is C15H18ClNO. The third kappa shape index (κ3) is 2.18. The van der Waals surface area contributed by atoms with E-state index in [0.29, 0.717) is 11.0 Å². The van der Waals surface area contributed by atoms with E-state index in [1.807, 2.05) is 6.07 Å². The van der Waals surface area contributed by atoms with Crippen LogP contribution in [0.4, 0.5) is 0 Å². The molecule has 0 saturated heterocycles. The fourth-order valence-corrected chi connectivity index (χ4v) is 2.50. The third-order valence-electron chi connectivity index (χ3n) is 3.64. The number of furan rings is 1. The lowest BCUT2D eigenvalue weighted by atomic mass is 9.89. The zero-order valence-corrected chi connectivity index (χ0v) is 11.9. The Kier molecular flexibility index (Phi) is 3.51. The van der Waals surface area contributed by atoms with E-state index in [-0.39, 0.29) is 6.04 Å². The summed E-state index contributed by atoms with van der Waals surface area (Å²) in [6, 6.07) is 5.49. The minimum Gasteiger partial charge on any atom is -0.448 e. The Morgan fingerprint density at radius 3 is 2.06 bits per heavy atom. The number of nitrogens with two attached hydrogens (primary N) is 1. The van der Waals surface area contributed by atoms with Gasteiger partial charge in [0, 0.05) is 0 Å². The van der Waals surface area contributed by atoms with Gasteiger partial charge in [0.05, 0.1) is 6.04 Å². The summed E-state index contributed by atoms with van der Waals surface area (Å²) in [4.78, 5) is 0. The topological polar surface area (TPSA) is 39.2 Å². The first-order valence-corrected chi connectivity index (χ1v) is 6.37. The molecule has 1 atom stereocenters. The molecule has 1 aromatic carbocycles. The van der Waals surface area contributed by atoms with Crippen molar-refractivity contribution in [1.82, 2.24) is 0 Å². The van der Waals surface area contributed by atoms with Crippen LogP contribution in [0.3, 0.4) is 0 Å². The van der Waals surface area contributed by atoms with Gasteiger partial charge in [-0.3, -0.25) is 0 Å². The van der Waals surface area contributed by atoms with Crippen molar-refractivity contribution in [3.05, 3.63) is 57.0 Å². The fraction of sp³-hybridized carbons (Fsp3) is 0.333. The van der Waals surface area contributed by atoms with Gasteiger partial charge in [-0.15, -0.1) is 0 Å². The van der Waals surface area contributed by atoms with Crippen LogP contribution in [0.2, 0.25) is 5.22 Å². The summed E-state index contributed by atoms with van der Waals surface area (Å²) >= 11 is 5.81. The largest absolute Gasteiger partial charge is 0.448 e. The molecule has 18 heavy (non-hydrogen) atoms. The monoisotopic (exact) mass is 263 g/mol. The molecule has 0 aliphatic rings. The molecule has 0 saturated carbocycles. The Morgan fingerprint density at radius 2 is 1.61 bits per heavy atom. The highest BCUT2D eigenvalue weighted by molar-refractivity contribution is 6.28. The van der Waals surface area contributed by atoms with Gasteiger partial charge in [-0.25, -0.2) is 0 Å². The van der Waals surface area contributed by atoms with Gasteiger partial charge < -0.3 is 10.2 Å². The van der Waals surface area contributed by atoms with Crippen molar-refractivity contribution in [3.8, 4) is 0 Å². The average Bonchev–Trinajstić information content (AvgIpc) is 2.73. The molecule has 0 aliphatic heterocycles. The molecule has 2 rings (SSSR count). The van der Waals surface area contributed by atoms with E-state index in [0.717, 1.165) is 5.56 Å². The summed E-state index contributed by atoms with van der Waals surface area (Å²) in [6.45, 7) is 8.41. The van der Waals surface area contributed by atoms with E-state index >= 15 is 0 Å². The second-order valence-electron chi connectivity index (χ2n) is 4.79. The highest BCUT2D eigenvalue weighted by atomic mass is 35.5. The van der Waals surface area contributed by atoms with Crippen molar-refractivity contribution < 1.29 is 4.42 Å². The van der Waals surface area contributed by atoms with Crippen LogP contribution in [0.15, 0.2) is 22.6 Å². The first kappa shape index (κ1) is 13.2. The van der Waals surface area contributed by atoms with Crippen LogP contribution in [0.5, 0.6) is 0 Å². The van der Waals surface area contributed by atoms with Gasteiger partial charge in [0.2, 0.25) is 0 Å². The normalized spacial score (nSPS) is 12.8. The van der Waals surface area contributed by atoms with Crippen LogP contribution >= 0.6 is 11.6 Å². The van der Waals surface area contributed by atoms with Crippen LogP contribution < -0.4 is 5.73 Å². The van der Waals surface area contributed by atoms with Gasteiger partial charge in [0.1, 0.15) is 5.76 Å². The number of rotatable bonds is 2. The number of hydrogen-bond donors (Lipinski definition) is 1. The van der Waals surface area contributed by atoms with E-state index in [1.165, 1.54) is 22.3 Å². The van der Waals surface area contributed by atoms with Crippen molar-refractivity contribution in [2.75, 3.05) is 0 Å². The Morgan fingerprint density at radius 1 is 1.06 bits per heavy atom. The van der Waals surface area contributed by atoms with Crippen molar-refractivity contribution in [1.29, 1.82) is 0 Å². The quantitative estimate of drug-likeness (QED) is 0.881. The first-order valence-electron chi connectivity index (χ1n) is 6.00. The molecule has 2 nitrogen and oxygen atoms in total. The van der Waals surface area contributed by atoms with Crippen molar-refractivity contribution >= 4 is 11.6 Å². The van der Waals surface area contributed by atoms with Crippen molar-refractivity contribution in [2.45, 2.75) is 33.7 Å². The molecule has 0 aliphatic carbocycles. The summed E-state index contributed by atoms with van der Waals surface area (Å²) in [5.41, 5.74) is 12.4. The predicted molar refractivity (Wildman–Crippen MR) is 75.1 cm³/mol. The van der Waals surface area contributed by atoms with E-state index in [4.69, 9.17) is 21.8 Å². The molecule has 0 bridgehead atoms. The molecular weight excluding hydrogens is 246 g/mol. The molecule has 1 unspecified atom stereocenters. The highest BCUT2D eigenvalue weighted by Gasteiger charge is 2.19. The maximum atomic E-state index is 6.32. The first-order chi connectivity index (χ1) is 8.41. The summed E-state index contributed by atoms with van der Waals surface area (Å²) in [7, 11) is 0. The highest BCUT2D eigenvalue weighted by Crippen LogP contribution is 2.31. The number of aryl methyl sites for hydroxylation is 2. The van der Waals surface area contributed by atoms with E-state index in [2.05, 4.69) is 33.8 Å². The Balaban J connectivity index is 2.57. The lowest BCUT2D eigenvalue weighted by Crippen LogP contribution is -2.15. The summed E-state index contributed by atoms with van der Waals surface area (Å²) in [5.74, 6) is 0.705. The van der Waals surface area contributed by atoms with Gasteiger partial charge in [-0.05, 0) is 79.2 Å². The van der Waals surface area contributed by atoms with Gasteiger partial charge in [0.15, 0.2) is 5.22 Å². The Bertz CT molecular complexity index is 560. The zero-order chi connectivity index (χ0) is 13.4. The average molecular weight is 264 g/mol. The predicted octanol–water partition coefficient (Wildman–Crippen LogP) is 4.21. The molecule has 1 aromatic heterocycles. The number of hydrogen-bond acceptors (Lipinski definition) is 2. The Hall–Kier alpha value is -1.25. The van der Waals surface area contributed by atoms with Gasteiger partial charge in [-0.2, -0.15) is 0 Å². The summed E-state index contributed by atoms with van der Waals surface area (Å²) in [6.07, 6.45) is 0. The lowest BCUT2D eigenvalue weighted by molar-refractivity contribution is 0.490. The SMILES string of the molecule is Cc1cc(C)c(C)c(C(N)c2ccc(Cl)o2)c1C. The van der Waals surface area contributed by atoms with Crippen LogP contribution in [0.1, 0.15) is 39.6 Å². The van der Waals surface area contributed by atoms with Crippen LogP contribution in [-0.4, -0.2) is 0 Å². The molecule has 0 amide bonds. The molecule has 3 heteroatoms. The minimum atomic E-state index is -0.268. The summed E-state index contributed by atoms with van der Waals surface area (Å²) in [5, 5.41) is 0.375. The van der Waals surface area contributed by atoms with Gasteiger partial charge >= 0.3 is 0 Å². The molecule has 2 aromatic rings. The number of benzene rings is 1. The maximum absolute atomic E-state index is 6.32. The second kappa shape index (κ2) is 4.79. The van der Waals surface area contributed by atoms with Crippen LogP contribution in [-0.2, 0) is 0 Å². The van der Waals surface area contributed by atoms with Crippen LogP contribution in [0.25, 0.3) is 0 Å². The Labute approximate surface area is 113 Å². The van der Waals surface area contributed by atoms with Gasteiger partial charge in [-0.1, -0.05) is 6.07 Å². The maximum Gasteiger partial charge on any atom is 0.193 e. The fourth-order valence-electron chi connectivity index (χ4n) is 2.35. The molecule has 1 heterocycles. The molecule has 2 N–H and O–H groups in total. The van der Waals surface area contributed by atoms with E-state index in [9.17, 15) is 0 Å². The van der Waals surface area contributed by atoms with Crippen LogP contribution in [0, 0.1) is 27.7 Å². The van der Waals surface area contributed by atoms with Crippen molar-refractivity contribution in [2.24, 2.45) is 5.73 Å². The summed E-state index contributed by atoms with van der Waals surface area (Å²) < 4.78 is 5.43. The van der Waals surface area contributed by atoms with Gasteiger partial charge in [0.25, 0.3) is 0 Å². The molecule has 0 spiro atoms. The van der Waals surface area contributed by atoms with E-state index < -0.39 is 0 Å². The lowest BCUT2D eigenvalue weighted by Gasteiger charge is -2.19. The number of halogens is 1. The molecule has 0 fully saturated rings. The second-order valence-corrected chi connectivity index (χ2v) is 5.17. The molecule has 0 radical (unpaired) electrons. The van der Waals surface area contributed by atoms with Crippen molar-refractivity contribution in [3.63, 3.8) is 0 Å². The minimum absolute atomic E-state index is 0.268. The standard InChI is InChI=1S/C15H18ClNO/c1-8-7-9(2)11(4)14(10(8)3)15(17)12-5-6-13(16)18-12/h5-7,15H,17H2,1-4H3. The third-order valence-corrected chi connectivity index (χ3v) is 3.84.